The number of carbonyl (C=O) groups excluding carboxylic acids is 1. The topological polar surface area (TPSA) is 41.6 Å². The van der Waals surface area contributed by atoms with Crippen LogP contribution in [0, 0.1) is 0 Å². The summed E-state index contributed by atoms with van der Waals surface area (Å²) in [4.78, 5) is 14.3. The molecule has 0 aliphatic carbocycles. The number of likely N-dealkylation sites (N-methyl/N-ethyl adjacent to an activating group) is 1. The van der Waals surface area contributed by atoms with Crippen molar-refractivity contribution in [1.82, 2.24) is 10.2 Å². The Morgan fingerprint density at radius 1 is 0.903 bits per heavy atom. The molecule has 5 heteroatoms. The molecule has 0 radical (unpaired) electrons. The van der Waals surface area contributed by atoms with Crippen LogP contribution < -0.4 is 10.1 Å². The summed E-state index contributed by atoms with van der Waals surface area (Å²) in [5, 5.41) is 2.94. The van der Waals surface area contributed by atoms with Crippen LogP contribution in [0.5, 0.6) is 5.75 Å². The molecule has 1 N–H and O–H groups in total. The lowest BCUT2D eigenvalue weighted by molar-refractivity contribution is 0.0951. The van der Waals surface area contributed by atoms with Crippen LogP contribution >= 0.6 is 11.8 Å². The Bertz CT molecular complexity index is 926. The fourth-order valence-corrected chi connectivity index (χ4v) is 3.80. The fraction of sp³-hybridized carbons (Fsp3) is 0.269. The van der Waals surface area contributed by atoms with Gasteiger partial charge in [-0.15, -0.1) is 0 Å². The van der Waals surface area contributed by atoms with Crippen LogP contribution in [0.4, 0.5) is 0 Å². The Morgan fingerprint density at radius 3 is 2.19 bits per heavy atom. The van der Waals surface area contributed by atoms with Gasteiger partial charge in [0.2, 0.25) is 0 Å². The normalized spacial score (nSPS) is 10.8. The molecule has 0 saturated carbocycles. The summed E-state index contributed by atoms with van der Waals surface area (Å²) in [5.74, 6) is 2.81. The van der Waals surface area contributed by atoms with Gasteiger partial charge in [-0.1, -0.05) is 54.6 Å². The molecule has 31 heavy (non-hydrogen) atoms. The number of thioether (sulfide) groups is 1. The average molecular weight is 435 g/mol. The first-order chi connectivity index (χ1) is 15.1. The molecular formula is C26H30N2O2S. The first-order valence-electron chi connectivity index (χ1n) is 10.5. The molecule has 162 valence electrons. The second-order valence-electron chi connectivity index (χ2n) is 7.55. The van der Waals surface area contributed by atoms with Gasteiger partial charge in [-0.2, -0.15) is 11.8 Å². The number of para-hydroxylation sites is 1. The van der Waals surface area contributed by atoms with Gasteiger partial charge in [0.1, 0.15) is 5.75 Å². The Hall–Kier alpha value is -2.76. The van der Waals surface area contributed by atoms with Crippen molar-refractivity contribution in [3.63, 3.8) is 0 Å². The largest absolute Gasteiger partial charge is 0.493 e. The van der Waals surface area contributed by atoms with E-state index in [1.54, 1.807) is 0 Å². The highest BCUT2D eigenvalue weighted by molar-refractivity contribution is 7.98. The monoisotopic (exact) mass is 434 g/mol. The summed E-state index contributed by atoms with van der Waals surface area (Å²) in [6.07, 6.45) is 0. The zero-order valence-corrected chi connectivity index (χ0v) is 19.0. The highest BCUT2D eigenvalue weighted by atomic mass is 32.2. The molecular weight excluding hydrogens is 404 g/mol. The van der Waals surface area contributed by atoms with E-state index in [1.165, 1.54) is 5.56 Å². The molecule has 0 heterocycles. The van der Waals surface area contributed by atoms with Gasteiger partial charge in [0.15, 0.2) is 0 Å². The van der Waals surface area contributed by atoms with Crippen LogP contribution in [0.15, 0.2) is 78.9 Å². The summed E-state index contributed by atoms with van der Waals surface area (Å²) < 4.78 is 5.73. The number of carbonyl (C=O) groups is 1. The highest BCUT2D eigenvalue weighted by Crippen LogP contribution is 2.22. The molecule has 3 rings (SSSR count). The number of nitrogens with zero attached hydrogens (tertiary/aromatic N) is 1. The maximum atomic E-state index is 12.2. The van der Waals surface area contributed by atoms with Crippen molar-refractivity contribution >= 4 is 17.7 Å². The van der Waals surface area contributed by atoms with Crippen LogP contribution in [0.3, 0.4) is 0 Å². The predicted octanol–water partition coefficient (Wildman–Crippen LogP) is 4.96. The van der Waals surface area contributed by atoms with Crippen LogP contribution in [-0.2, 0) is 5.75 Å². The Balaban J connectivity index is 1.43. The molecule has 0 aromatic heterocycles. The third kappa shape index (κ3) is 7.78. The molecule has 0 saturated heterocycles. The predicted molar refractivity (Wildman–Crippen MR) is 131 cm³/mol. The summed E-state index contributed by atoms with van der Waals surface area (Å²) in [5.41, 5.74) is 4.25. The van der Waals surface area contributed by atoms with Gasteiger partial charge in [-0.25, -0.2) is 0 Å². The van der Waals surface area contributed by atoms with Crippen molar-refractivity contribution in [2.45, 2.75) is 5.75 Å². The van der Waals surface area contributed by atoms with E-state index >= 15 is 0 Å². The van der Waals surface area contributed by atoms with Gasteiger partial charge in [0.25, 0.3) is 5.91 Å². The van der Waals surface area contributed by atoms with Crippen molar-refractivity contribution in [3.05, 3.63) is 90.0 Å². The standard InChI is InChI=1S/C26H30N2O2S/c1-28(2)17-16-27-26(29)24-14-12-23(13-15-24)22-10-8-21(9-11-22)20-31-19-18-30-25-6-4-3-5-7-25/h3-15H,16-20H2,1-2H3,(H,27,29). The van der Waals surface area contributed by atoms with E-state index < -0.39 is 0 Å². The second-order valence-corrected chi connectivity index (χ2v) is 8.65. The number of rotatable bonds is 11. The lowest BCUT2D eigenvalue weighted by atomic mass is 10.0. The molecule has 0 atom stereocenters. The maximum Gasteiger partial charge on any atom is 0.251 e. The third-order valence-corrected chi connectivity index (χ3v) is 5.78. The molecule has 4 nitrogen and oxygen atoms in total. The van der Waals surface area contributed by atoms with Gasteiger partial charge in [0.05, 0.1) is 6.61 Å². The van der Waals surface area contributed by atoms with Crippen molar-refractivity contribution in [3.8, 4) is 16.9 Å². The van der Waals surface area contributed by atoms with E-state index in [9.17, 15) is 4.79 Å². The first kappa shape index (κ1) is 22.9. The van der Waals surface area contributed by atoms with Gasteiger partial charge >= 0.3 is 0 Å². The van der Waals surface area contributed by atoms with Gasteiger partial charge in [-0.05, 0) is 55.1 Å². The summed E-state index contributed by atoms with van der Waals surface area (Å²) in [6, 6.07) is 26.3. The van der Waals surface area contributed by atoms with Gasteiger partial charge in [0, 0.05) is 30.2 Å². The van der Waals surface area contributed by atoms with E-state index in [-0.39, 0.29) is 5.91 Å². The number of ether oxygens (including phenoxy) is 1. The zero-order chi connectivity index (χ0) is 21.9. The molecule has 0 bridgehead atoms. The molecule has 0 aliphatic rings. The number of nitrogens with one attached hydrogen (secondary N) is 1. The van der Waals surface area contributed by atoms with Crippen LogP contribution in [0.1, 0.15) is 15.9 Å². The summed E-state index contributed by atoms with van der Waals surface area (Å²) in [7, 11) is 3.98. The molecule has 0 unspecified atom stereocenters. The van der Waals surface area contributed by atoms with E-state index in [1.807, 2.05) is 85.4 Å². The number of benzene rings is 3. The maximum absolute atomic E-state index is 12.2. The number of hydrogen-bond acceptors (Lipinski definition) is 4. The zero-order valence-electron chi connectivity index (χ0n) is 18.2. The third-order valence-electron chi connectivity index (χ3n) is 4.79. The molecule has 3 aromatic carbocycles. The Labute approximate surface area is 189 Å². The van der Waals surface area contributed by atoms with E-state index in [0.717, 1.165) is 34.9 Å². The lowest BCUT2D eigenvalue weighted by Gasteiger charge is -2.11. The molecule has 1 amide bonds. The Morgan fingerprint density at radius 2 is 1.55 bits per heavy atom. The molecule has 0 aliphatic heterocycles. The minimum absolute atomic E-state index is 0.0305. The van der Waals surface area contributed by atoms with Crippen LogP contribution in [0.25, 0.3) is 11.1 Å². The average Bonchev–Trinajstić information content (AvgIpc) is 2.80. The molecule has 0 spiro atoms. The van der Waals surface area contributed by atoms with E-state index in [0.29, 0.717) is 18.7 Å². The van der Waals surface area contributed by atoms with Crippen molar-refractivity contribution in [2.75, 3.05) is 39.5 Å². The van der Waals surface area contributed by atoms with Crippen molar-refractivity contribution in [1.29, 1.82) is 0 Å². The van der Waals surface area contributed by atoms with Gasteiger partial charge in [-0.3, -0.25) is 4.79 Å². The van der Waals surface area contributed by atoms with Crippen molar-refractivity contribution < 1.29 is 9.53 Å². The van der Waals surface area contributed by atoms with Crippen LogP contribution in [-0.4, -0.2) is 50.4 Å². The number of amides is 1. The minimum atomic E-state index is -0.0305. The van der Waals surface area contributed by atoms with Gasteiger partial charge < -0.3 is 15.0 Å². The Kier molecular flexibility index (Phi) is 9.00. The first-order valence-corrected chi connectivity index (χ1v) is 11.7. The number of hydrogen-bond donors (Lipinski definition) is 1. The smallest absolute Gasteiger partial charge is 0.251 e. The lowest BCUT2D eigenvalue weighted by Crippen LogP contribution is -2.31. The summed E-state index contributed by atoms with van der Waals surface area (Å²) in [6.45, 7) is 2.18. The second kappa shape index (κ2) is 12.2. The quantitative estimate of drug-likeness (QED) is 0.433. The SMILES string of the molecule is CN(C)CCNC(=O)c1ccc(-c2ccc(CSCCOc3ccccc3)cc2)cc1. The van der Waals surface area contributed by atoms with Crippen molar-refractivity contribution in [2.24, 2.45) is 0 Å². The molecule has 0 fully saturated rings. The minimum Gasteiger partial charge on any atom is -0.493 e. The highest BCUT2D eigenvalue weighted by Gasteiger charge is 2.06. The fourth-order valence-electron chi connectivity index (χ4n) is 3.03. The van der Waals surface area contributed by atoms with Crippen LogP contribution in [0.2, 0.25) is 0 Å². The summed E-state index contributed by atoms with van der Waals surface area (Å²) >= 11 is 1.87. The molecule has 3 aromatic rings. The van der Waals surface area contributed by atoms with E-state index in [4.69, 9.17) is 4.74 Å². The van der Waals surface area contributed by atoms with E-state index in [2.05, 4.69) is 29.6 Å².